The predicted octanol–water partition coefficient (Wildman–Crippen LogP) is 1.95. The van der Waals surface area contributed by atoms with E-state index in [0.29, 0.717) is 12.3 Å². The molecule has 92 valence electrons. The van der Waals surface area contributed by atoms with Crippen molar-refractivity contribution in [2.24, 2.45) is 10.8 Å². The van der Waals surface area contributed by atoms with Gasteiger partial charge in [-0.25, -0.2) is 0 Å². The van der Waals surface area contributed by atoms with Gasteiger partial charge in [0.25, 0.3) is 0 Å². The second-order valence-electron chi connectivity index (χ2n) is 3.37. The molecule has 0 aromatic heterocycles. The van der Waals surface area contributed by atoms with Crippen molar-refractivity contribution >= 4 is 34.6 Å². The van der Waals surface area contributed by atoms with Gasteiger partial charge in [0.15, 0.2) is 5.11 Å². The van der Waals surface area contributed by atoms with Crippen LogP contribution in [-0.4, -0.2) is 21.8 Å². The maximum atomic E-state index is 9.22. The highest BCUT2D eigenvalue weighted by molar-refractivity contribution is 7.80. The van der Waals surface area contributed by atoms with Gasteiger partial charge in [0.1, 0.15) is 5.75 Å². The monoisotopic (exact) mass is 271 g/mol. The first-order valence-electron chi connectivity index (χ1n) is 5.11. The van der Waals surface area contributed by atoms with E-state index in [4.69, 9.17) is 29.6 Å². The number of nitrogens with zero attached hydrogens (tertiary/aromatic N) is 1. The molecule has 4 nitrogen and oxygen atoms in total. The Labute approximate surface area is 110 Å². The first-order valence-corrected chi connectivity index (χ1v) is 6.05. The molecule has 1 aromatic carbocycles. The molecular formula is C11H14ClN3OS. The van der Waals surface area contributed by atoms with Crippen molar-refractivity contribution in [3.8, 4) is 5.75 Å². The van der Waals surface area contributed by atoms with Crippen LogP contribution in [0.5, 0.6) is 5.75 Å². The van der Waals surface area contributed by atoms with E-state index in [2.05, 4.69) is 10.5 Å². The molecule has 0 spiro atoms. The fourth-order valence-electron chi connectivity index (χ4n) is 1.28. The number of aromatic hydroxyl groups is 1. The SMILES string of the molecule is NC(=S)N/N=C(\CCCCl)c1ccc(O)cc1. The van der Waals surface area contributed by atoms with Gasteiger partial charge >= 0.3 is 0 Å². The minimum absolute atomic E-state index is 0.118. The summed E-state index contributed by atoms with van der Waals surface area (Å²) in [5.41, 5.74) is 9.58. The van der Waals surface area contributed by atoms with Crippen molar-refractivity contribution in [1.29, 1.82) is 0 Å². The Morgan fingerprint density at radius 2 is 2.06 bits per heavy atom. The van der Waals surface area contributed by atoms with E-state index in [1.54, 1.807) is 24.3 Å². The van der Waals surface area contributed by atoms with Crippen molar-refractivity contribution in [2.75, 3.05) is 5.88 Å². The molecule has 0 atom stereocenters. The number of hydrazone groups is 1. The van der Waals surface area contributed by atoms with E-state index in [1.807, 2.05) is 0 Å². The maximum absolute atomic E-state index is 9.22. The highest BCUT2D eigenvalue weighted by Gasteiger charge is 2.04. The molecule has 0 radical (unpaired) electrons. The summed E-state index contributed by atoms with van der Waals surface area (Å²) in [6.45, 7) is 0. The zero-order valence-electron chi connectivity index (χ0n) is 9.19. The summed E-state index contributed by atoms with van der Waals surface area (Å²) in [4.78, 5) is 0. The summed E-state index contributed by atoms with van der Waals surface area (Å²) in [5.74, 6) is 0.775. The third-order valence-corrected chi connectivity index (χ3v) is 2.41. The van der Waals surface area contributed by atoms with E-state index in [9.17, 15) is 5.11 Å². The Bertz CT molecular complexity index is 406. The average molecular weight is 272 g/mol. The lowest BCUT2D eigenvalue weighted by atomic mass is 10.1. The Kier molecular flexibility index (Phi) is 5.72. The lowest BCUT2D eigenvalue weighted by Crippen LogP contribution is -2.25. The fraction of sp³-hybridized carbons (Fsp3) is 0.273. The number of hydrogen-bond donors (Lipinski definition) is 3. The number of halogens is 1. The second kappa shape index (κ2) is 7.09. The minimum atomic E-state index is 0.118. The number of hydrogen-bond acceptors (Lipinski definition) is 3. The fourth-order valence-corrected chi connectivity index (χ4v) is 1.45. The zero-order chi connectivity index (χ0) is 12.7. The van der Waals surface area contributed by atoms with Crippen molar-refractivity contribution < 1.29 is 5.11 Å². The number of benzene rings is 1. The van der Waals surface area contributed by atoms with E-state index in [1.165, 1.54) is 0 Å². The molecule has 0 bridgehead atoms. The molecule has 0 saturated carbocycles. The zero-order valence-corrected chi connectivity index (χ0v) is 10.8. The van der Waals surface area contributed by atoms with Gasteiger partial charge in [-0.2, -0.15) is 5.10 Å². The molecule has 6 heteroatoms. The highest BCUT2D eigenvalue weighted by Crippen LogP contribution is 2.13. The van der Waals surface area contributed by atoms with Crippen LogP contribution in [0.15, 0.2) is 29.4 Å². The third kappa shape index (κ3) is 5.01. The highest BCUT2D eigenvalue weighted by atomic mass is 35.5. The Balaban J connectivity index is 2.84. The number of phenols is 1. The van der Waals surface area contributed by atoms with Gasteiger partial charge < -0.3 is 10.8 Å². The Hall–Kier alpha value is -1.33. The van der Waals surface area contributed by atoms with E-state index < -0.39 is 0 Å². The van der Waals surface area contributed by atoms with E-state index in [0.717, 1.165) is 17.7 Å². The summed E-state index contributed by atoms with van der Waals surface area (Å²) < 4.78 is 0. The van der Waals surface area contributed by atoms with Crippen LogP contribution < -0.4 is 11.2 Å². The smallest absolute Gasteiger partial charge is 0.184 e. The number of rotatable bonds is 5. The molecule has 0 unspecified atom stereocenters. The second-order valence-corrected chi connectivity index (χ2v) is 4.19. The van der Waals surface area contributed by atoms with Crippen LogP contribution in [0.1, 0.15) is 18.4 Å². The summed E-state index contributed by atoms with van der Waals surface area (Å²) in [6, 6.07) is 6.77. The molecular weight excluding hydrogens is 258 g/mol. The van der Waals surface area contributed by atoms with Crippen LogP contribution in [0.3, 0.4) is 0 Å². The summed E-state index contributed by atoms with van der Waals surface area (Å²) in [7, 11) is 0. The topological polar surface area (TPSA) is 70.6 Å². The Morgan fingerprint density at radius 3 is 2.59 bits per heavy atom. The lowest BCUT2D eigenvalue weighted by molar-refractivity contribution is 0.475. The van der Waals surface area contributed by atoms with Crippen LogP contribution in [0.25, 0.3) is 0 Å². The van der Waals surface area contributed by atoms with Gasteiger partial charge in [0.05, 0.1) is 5.71 Å². The minimum Gasteiger partial charge on any atom is -0.508 e. The molecule has 0 saturated heterocycles. The molecule has 0 fully saturated rings. The van der Waals surface area contributed by atoms with E-state index >= 15 is 0 Å². The molecule has 1 aromatic rings. The molecule has 4 N–H and O–H groups in total. The molecule has 0 aliphatic carbocycles. The summed E-state index contributed by atoms with van der Waals surface area (Å²) in [5, 5.41) is 13.5. The van der Waals surface area contributed by atoms with Crippen LogP contribution >= 0.6 is 23.8 Å². The molecule has 0 aliphatic heterocycles. The van der Waals surface area contributed by atoms with Crippen LogP contribution in [-0.2, 0) is 0 Å². The van der Waals surface area contributed by atoms with Gasteiger partial charge in [-0.15, -0.1) is 11.6 Å². The van der Waals surface area contributed by atoms with Crippen LogP contribution in [0, 0.1) is 0 Å². The molecule has 0 aliphatic rings. The van der Waals surface area contributed by atoms with Crippen molar-refractivity contribution in [2.45, 2.75) is 12.8 Å². The van der Waals surface area contributed by atoms with Gasteiger partial charge in [-0.3, -0.25) is 5.43 Å². The lowest BCUT2D eigenvalue weighted by Gasteiger charge is -2.06. The first kappa shape index (κ1) is 13.7. The van der Waals surface area contributed by atoms with Gasteiger partial charge in [0.2, 0.25) is 0 Å². The van der Waals surface area contributed by atoms with Gasteiger partial charge in [0, 0.05) is 5.88 Å². The number of nitrogens with one attached hydrogen (secondary N) is 1. The largest absolute Gasteiger partial charge is 0.508 e. The Morgan fingerprint density at radius 1 is 1.41 bits per heavy atom. The molecule has 1 rings (SSSR count). The van der Waals surface area contributed by atoms with E-state index in [-0.39, 0.29) is 10.9 Å². The normalized spacial score (nSPS) is 11.2. The third-order valence-electron chi connectivity index (χ3n) is 2.05. The van der Waals surface area contributed by atoms with Crippen molar-refractivity contribution in [1.82, 2.24) is 5.43 Å². The summed E-state index contributed by atoms with van der Waals surface area (Å²) >= 11 is 10.3. The number of nitrogens with two attached hydrogens (primary N) is 1. The van der Waals surface area contributed by atoms with Gasteiger partial charge in [-0.1, -0.05) is 0 Å². The predicted molar refractivity (Wildman–Crippen MR) is 74.5 cm³/mol. The van der Waals surface area contributed by atoms with Crippen LogP contribution in [0.4, 0.5) is 0 Å². The van der Waals surface area contributed by atoms with Crippen LogP contribution in [0.2, 0.25) is 0 Å². The number of phenolic OH excluding ortho intramolecular Hbond substituents is 1. The average Bonchev–Trinajstić information content (AvgIpc) is 2.30. The maximum Gasteiger partial charge on any atom is 0.184 e. The number of thiocarbonyl (C=S) groups is 1. The molecule has 17 heavy (non-hydrogen) atoms. The molecule has 0 heterocycles. The standard InChI is InChI=1S/C11H14ClN3OS/c12-7-1-2-10(14-15-11(13)17)8-3-5-9(16)6-4-8/h3-6,16H,1-2,7H2,(H3,13,15,17)/b14-10+. The molecule has 0 amide bonds. The summed E-state index contributed by atoms with van der Waals surface area (Å²) in [6.07, 6.45) is 1.52. The first-order chi connectivity index (χ1) is 8.13. The quantitative estimate of drug-likeness (QED) is 0.331. The van der Waals surface area contributed by atoms with Crippen molar-refractivity contribution in [3.05, 3.63) is 29.8 Å². The number of alkyl halides is 1. The van der Waals surface area contributed by atoms with Crippen molar-refractivity contribution in [3.63, 3.8) is 0 Å². The van der Waals surface area contributed by atoms with Gasteiger partial charge in [-0.05, 0) is 54.9 Å².